The van der Waals surface area contributed by atoms with Crippen LogP contribution in [0.2, 0.25) is 0 Å². The maximum atomic E-state index is 12.4. The van der Waals surface area contributed by atoms with Crippen LogP contribution in [0.25, 0.3) is 22.3 Å². The number of benzene rings is 1. The van der Waals surface area contributed by atoms with Crippen molar-refractivity contribution in [1.82, 2.24) is 30.1 Å². The molecule has 1 amide bonds. The number of nitrogens with zero attached hydrogens (tertiary/aromatic N) is 5. The monoisotopic (exact) mass is 394 g/mol. The van der Waals surface area contributed by atoms with Crippen LogP contribution in [0.15, 0.2) is 22.7 Å². The second kappa shape index (κ2) is 7.26. The minimum Gasteiger partial charge on any atom is -0.343 e. The van der Waals surface area contributed by atoms with Crippen molar-refractivity contribution in [3.63, 3.8) is 0 Å². The number of aromatic nitrogens is 4. The summed E-state index contributed by atoms with van der Waals surface area (Å²) in [5.41, 5.74) is 3.00. The van der Waals surface area contributed by atoms with Gasteiger partial charge in [-0.25, -0.2) is 0 Å². The third kappa shape index (κ3) is 3.42. The molecule has 2 saturated heterocycles. The van der Waals surface area contributed by atoms with Crippen molar-refractivity contribution in [1.29, 1.82) is 0 Å². The Hall–Kier alpha value is -2.74. The largest absolute Gasteiger partial charge is 0.343 e. The molecule has 4 heterocycles. The fourth-order valence-corrected chi connectivity index (χ4v) is 4.34. The van der Waals surface area contributed by atoms with Crippen molar-refractivity contribution >= 4 is 16.8 Å². The fraction of sp³-hybridized carbons (Fsp3) is 0.524. The van der Waals surface area contributed by atoms with Gasteiger partial charge in [0.25, 0.3) is 0 Å². The van der Waals surface area contributed by atoms with Gasteiger partial charge in [-0.05, 0) is 44.8 Å². The molecule has 3 aromatic rings. The maximum absolute atomic E-state index is 12.4. The van der Waals surface area contributed by atoms with E-state index in [9.17, 15) is 4.79 Å². The summed E-state index contributed by atoms with van der Waals surface area (Å²) in [6, 6.07) is 6.13. The number of hydrogen-bond donors (Lipinski definition) is 1. The highest BCUT2D eigenvalue weighted by atomic mass is 16.5. The van der Waals surface area contributed by atoms with E-state index in [0.29, 0.717) is 24.1 Å². The van der Waals surface area contributed by atoms with Gasteiger partial charge < -0.3 is 14.7 Å². The van der Waals surface area contributed by atoms with E-state index in [1.165, 1.54) is 0 Å². The molecule has 1 N–H and O–H groups in total. The van der Waals surface area contributed by atoms with Gasteiger partial charge in [-0.2, -0.15) is 10.1 Å². The average Bonchev–Trinajstić information content (AvgIpc) is 3.30. The summed E-state index contributed by atoms with van der Waals surface area (Å²) in [5, 5.41) is 13.0. The number of carbonyl (C=O) groups excluding carboxylic acids is 1. The van der Waals surface area contributed by atoms with Crippen LogP contribution in [0.4, 0.5) is 0 Å². The summed E-state index contributed by atoms with van der Waals surface area (Å²) in [5.74, 6) is 2.29. The third-order valence-corrected chi connectivity index (χ3v) is 6.26. The first-order chi connectivity index (χ1) is 14.1. The van der Waals surface area contributed by atoms with E-state index in [0.717, 1.165) is 61.2 Å². The Morgan fingerprint density at radius 2 is 2.07 bits per heavy atom. The number of piperidine rings is 1. The normalized spacial score (nSPS) is 18.3. The van der Waals surface area contributed by atoms with Crippen LogP contribution in [-0.2, 0) is 11.8 Å². The predicted molar refractivity (Wildman–Crippen MR) is 108 cm³/mol. The van der Waals surface area contributed by atoms with Crippen molar-refractivity contribution < 1.29 is 9.32 Å². The molecule has 5 rings (SSSR count). The summed E-state index contributed by atoms with van der Waals surface area (Å²) >= 11 is 0. The van der Waals surface area contributed by atoms with Crippen LogP contribution in [0.3, 0.4) is 0 Å². The minimum absolute atomic E-state index is 0.216. The van der Waals surface area contributed by atoms with Crippen LogP contribution in [0, 0.1) is 12.8 Å². The first-order valence-electron chi connectivity index (χ1n) is 10.3. The molecule has 2 aliphatic heterocycles. The maximum Gasteiger partial charge on any atom is 0.230 e. The highest BCUT2D eigenvalue weighted by molar-refractivity contribution is 5.85. The Morgan fingerprint density at radius 3 is 2.79 bits per heavy atom. The molecule has 8 heteroatoms. The minimum atomic E-state index is 0.216. The molecule has 29 heavy (non-hydrogen) atoms. The number of rotatable bonds is 4. The predicted octanol–water partition coefficient (Wildman–Crippen LogP) is 2.25. The lowest BCUT2D eigenvalue weighted by Gasteiger charge is -2.33. The SMILES string of the molecule is Cc1nn(C)c2cc(-c3noc(C4CCN(C(=O)CC5CNC5)CC4)n3)ccc12. The molecule has 2 fully saturated rings. The molecule has 2 aromatic heterocycles. The summed E-state index contributed by atoms with van der Waals surface area (Å²) in [7, 11) is 1.94. The lowest BCUT2D eigenvalue weighted by molar-refractivity contribution is -0.133. The summed E-state index contributed by atoms with van der Waals surface area (Å²) in [4.78, 5) is 19.1. The fourth-order valence-electron chi connectivity index (χ4n) is 4.34. The standard InChI is InChI=1S/C21H26N6O2/c1-13-17-4-3-16(10-18(17)26(2)24-13)20-23-21(29-25-20)15-5-7-27(8-6-15)19(28)9-14-11-22-12-14/h3-4,10,14-15,22H,5-9,11-12H2,1-2H3. The van der Waals surface area contributed by atoms with Crippen LogP contribution in [0.5, 0.6) is 0 Å². The molecule has 0 unspecified atom stereocenters. The quantitative estimate of drug-likeness (QED) is 0.730. The van der Waals surface area contributed by atoms with E-state index in [4.69, 9.17) is 4.52 Å². The second-order valence-electron chi connectivity index (χ2n) is 8.28. The Bertz CT molecular complexity index is 1040. The van der Waals surface area contributed by atoms with Crippen LogP contribution in [0.1, 0.15) is 36.8 Å². The second-order valence-corrected chi connectivity index (χ2v) is 8.28. The number of hydrogen-bond acceptors (Lipinski definition) is 6. The van der Waals surface area contributed by atoms with Crippen molar-refractivity contribution in [3.05, 3.63) is 29.8 Å². The van der Waals surface area contributed by atoms with E-state index in [-0.39, 0.29) is 11.8 Å². The number of amides is 1. The third-order valence-electron chi connectivity index (χ3n) is 6.26. The van der Waals surface area contributed by atoms with E-state index < -0.39 is 0 Å². The van der Waals surface area contributed by atoms with Crippen LogP contribution in [-0.4, -0.2) is 56.9 Å². The van der Waals surface area contributed by atoms with Gasteiger partial charge in [-0.15, -0.1) is 0 Å². The van der Waals surface area contributed by atoms with E-state index >= 15 is 0 Å². The van der Waals surface area contributed by atoms with Gasteiger partial charge in [-0.3, -0.25) is 9.48 Å². The van der Waals surface area contributed by atoms with Gasteiger partial charge in [0.1, 0.15) is 0 Å². The molecule has 8 nitrogen and oxygen atoms in total. The number of fused-ring (bicyclic) bond motifs is 1. The molecular weight excluding hydrogens is 368 g/mol. The zero-order chi connectivity index (χ0) is 20.0. The topological polar surface area (TPSA) is 89.1 Å². The first kappa shape index (κ1) is 18.3. The van der Waals surface area contributed by atoms with Crippen molar-refractivity contribution in [3.8, 4) is 11.4 Å². The van der Waals surface area contributed by atoms with Gasteiger partial charge >= 0.3 is 0 Å². The zero-order valence-corrected chi connectivity index (χ0v) is 16.9. The van der Waals surface area contributed by atoms with Crippen molar-refractivity contribution in [2.24, 2.45) is 13.0 Å². The van der Waals surface area contributed by atoms with Gasteiger partial charge in [0, 0.05) is 43.4 Å². The van der Waals surface area contributed by atoms with Crippen LogP contribution >= 0.6 is 0 Å². The molecule has 0 atom stereocenters. The molecule has 0 aliphatic carbocycles. The summed E-state index contributed by atoms with van der Waals surface area (Å²) in [6.45, 7) is 5.48. The van der Waals surface area contributed by atoms with Crippen LogP contribution < -0.4 is 5.32 Å². The van der Waals surface area contributed by atoms with Crippen molar-refractivity contribution in [2.75, 3.05) is 26.2 Å². The molecule has 2 aliphatic rings. The van der Waals surface area contributed by atoms with E-state index in [2.05, 4.69) is 32.7 Å². The van der Waals surface area contributed by atoms with Gasteiger partial charge in [0.05, 0.1) is 11.2 Å². The molecular formula is C21H26N6O2. The number of nitrogens with one attached hydrogen (secondary N) is 1. The van der Waals surface area contributed by atoms with Crippen molar-refractivity contribution in [2.45, 2.75) is 32.1 Å². The lowest BCUT2D eigenvalue weighted by atomic mass is 9.94. The summed E-state index contributed by atoms with van der Waals surface area (Å²) < 4.78 is 7.47. The average molecular weight is 394 g/mol. The van der Waals surface area contributed by atoms with E-state index in [1.54, 1.807) is 0 Å². The molecule has 0 bridgehead atoms. The zero-order valence-electron chi connectivity index (χ0n) is 16.9. The number of carbonyl (C=O) groups is 1. The lowest BCUT2D eigenvalue weighted by Crippen LogP contribution is -2.46. The highest BCUT2D eigenvalue weighted by Gasteiger charge is 2.29. The smallest absolute Gasteiger partial charge is 0.230 e. The molecule has 0 spiro atoms. The summed E-state index contributed by atoms with van der Waals surface area (Å²) in [6.07, 6.45) is 2.41. The Labute approximate surface area is 169 Å². The van der Waals surface area contributed by atoms with Gasteiger partial charge in [-0.1, -0.05) is 17.3 Å². The molecule has 0 saturated carbocycles. The molecule has 152 valence electrons. The molecule has 0 radical (unpaired) electrons. The Morgan fingerprint density at radius 1 is 1.28 bits per heavy atom. The Kier molecular flexibility index (Phi) is 4.58. The number of aryl methyl sites for hydroxylation is 2. The Balaban J connectivity index is 1.26. The van der Waals surface area contributed by atoms with Gasteiger partial charge in [0.15, 0.2) is 0 Å². The number of likely N-dealkylation sites (tertiary alicyclic amines) is 1. The van der Waals surface area contributed by atoms with Gasteiger partial charge in [0.2, 0.25) is 17.6 Å². The molecule has 1 aromatic carbocycles. The van der Waals surface area contributed by atoms with E-state index in [1.807, 2.05) is 29.6 Å². The highest BCUT2D eigenvalue weighted by Crippen LogP contribution is 2.30. The first-order valence-corrected chi connectivity index (χ1v) is 10.3.